The maximum absolute atomic E-state index is 12.2. The van der Waals surface area contributed by atoms with E-state index >= 15 is 0 Å². The van der Waals surface area contributed by atoms with Crippen LogP contribution in [-0.4, -0.2) is 17.8 Å². The molecule has 0 unspecified atom stereocenters. The first-order valence-corrected chi connectivity index (χ1v) is 6.42. The molecule has 0 amide bonds. The number of ketones is 1. The molecule has 5 heteroatoms. The molecule has 0 aliphatic heterocycles. The molecule has 0 radical (unpaired) electrons. The maximum Gasteiger partial charge on any atom is 0.272 e. The number of carbonyl (C=O) groups is 1. The van der Waals surface area contributed by atoms with Gasteiger partial charge in [0.15, 0.2) is 5.78 Å². The highest BCUT2D eigenvalue weighted by molar-refractivity contribution is 5.98. The molecule has 108 valence electrons. The summed E-state index contributed by atoms with van der Waals surface area (Å²) in [7, 11) is 1.57. The minimum Gasteiger partial charge on any atom is -0.497 e. The zero-order valence-corrected chi connectivity index (χ0v) is 11.8. The highest BCUT2D eigenvalue weighted by Crippen LogP contribution is 2.20. The molecule has 21 heavy (non-hydrogen) atoms. The monoisotopic (exact) mass is 285 g/mol. The van der Waals surface area contributed by atoms with Crippen molar-refractivity contribution < 1.29 is 14.5 Å². The number of rotatable bonds is 5. The fourth-order valence-corrected chi connectivity index (χ4v) is 2.10. The zero-order chi connectivity index (χ0) is 15.4. The molecule has 0 bridgehead atoms. The van der Waals surface area contributed by atoms with Gasteiger partial charge in [0.1, 0.15) is 5.75 Å². The standard InChI is InChI=1S/C16H15NO4/c1-11-8-13(6-7-15(11)17(19)20)16(18)10-12-4-3-5-14(9-12)21-2/h3-9H,10H2,1-2H3. The number of nitro groups is 1. The Kier molecular flexibility index (Phi) is 4.33. The Morgan fingerprint density at radius 3 is 2.62 bits per heavy atom. The molecule has 0 aliphatic rings. The van der Waals surface area contributed by atoms with Crippen molar-refractivity contribution in [3.8, 4) is 5.75 Å². The van der Waals surface area contributed by atoms with E-state index in [0.717, 1.165) is 5.56 Å². The summed E-state index contributed by atoms with van der Waals surface area (Å²) in [5.74, 6) is 0.612. The van der Waals surface area contributed by atoms with Gasteiger partial charge < -0.3 is 4.74 Å². The molecular formula is C16H15NO4. The summed E-state index contributed by atoms with van der Waals surface area (Å²) >= 11 is 0. The number of hydrogen-bond donors (Lipinski definition) is 0. The van der Waals surface area contributed by atoms with Gasteiger partial charge in [0.05, 0.1) is 12.0 Å². The first kappa shape index (κ1) is 14.7. The maximum atomic E-state index is 12.2. The van der Waals surface area contributed by atoms with Crippen LogP contribution in [0.5, 0.6) is 5.75 Å². The van der Waals surface area contributed by atoms with Gasteiger partial charge in [0.25, 0.3) is 5.69 Å². The van der Waals surface area contributed by atoms with Gasteiger partial charge in [-0.25, -0.2) is 0 Å². The van der Waals surface area contributed by atoms with E-state index in [1.54, 1.807) is 26.2 Å². The van der Waals surface area contributed by atoms with Gasteiger partial charge in [-0.05, 0) is 36.8 Å². The van der Waals surface area contributed by atoms with Crippen LogP contribution in [0.15, 0.2) is 42.5 Å². The largest absolute Gasteiger partial charge is 0.497 e. The topological polar surface area (TPSA) is 69.4 Å². The second-order valence-electron chi connectivity index (χ2n) is 4.71. The summed E-state index contributed by atoms with van der Waals surface area (Å²) in [5, 5.41) is 10.8. The van der Waals surface area contributed by atoms with Crippen molar-refractivity contribution in [2.75, 3.05) is 7.11 Å². The third-order valence-electron chi connectivity index (χ3n) is 3.21. The van der Waals surface area contributed by atoms with Gasteiger partial charge in [-0.2, -0.15) is 0 Å². The summed E-state index contributed by atoms with van der Waals surface area (Å²) in [6.45, 7) is 1.63. The Labute approximate surface area is 122 Å². The minimum absolute atomic E-state index is 0.0212. The van der Waals surface area contributed by atoms with Crippen LogP contribution in [0.2, 0.25) is 0 Å². The summed E-state index contributed by atoms with van der Waals surface area (Å²) in [5.41, 5.74) is 1.82. The number of carbonyl (C=O) groups excluding carboxylic acids is 1. The number of hydrogen-bond acceptors (Lipinski definition) is 4. The number of methoxy groups -OCH3 is 1. The van der Waals surface area contributed by atoms with Crippen molar-refractivity contribution in [3.63, 3.8) is 0 Å². The third-order valence-corrected chi connectivity index (χ3v) is 3.21. The second-order valence-corrected chi connectivity index (χ2v) is 4.71. The first-order valence-electron chi connectivity index (χ1n) is 6.42. The summed E-state index contributed by atoms with van der Waals surface area (Å²) in [4.78, 5) is 22.6. The molecule has 2 aromatic rings. The molecule has 2 aromatic carbocycles. The van der Waals surface area contributed by atoms with E-state index in [9.17, 15) is 14.9 Å². The van der Waals surface area contributed by atoms with E-state index in [4.69, 9.17) is 4.74 Å². The quantitative estimate of drug-likeness (QED) is 0.480. The highest BCUT2D eigenvalue weighted by atomic mass is 16.6. The van der Waals surface area contributed by atoms with Crippen molar-refractivity contribution >= 4 is 11.5 Å². The van der Waals surface area contributed by atoms with Gasteiger partial charge in [-0.15, -0.1) is 0 Å². The van der Waals surface area contributed by atoms with Crippen molar-refractivity contribution in [2.24, 2.45) is 0 Å². The van der Waals surface area contributed by atoms with Crippen molar-refractivity contribution in [2.45, 2.75) is 13.3 Å². The minimum atomic E-state index is -0.453. The molecule has 2 rings (SSSR count). The normalized spacial score (nSPS) is 10.2. The van der Waals surface area contributed by atoms with E-state index in [2.05, 4.69) is 0 Å². The van der Waals surface area contributed by atoms with E-state index in [0.29, 0.717) is 16.9 Å². The third kappa shape index (κ3) is 3.45. The molecule has 0 saturated carbocycles. The lowest BCUT2D eigenvalue weighted by molar-refractivity contribution is -0.385. The number of aryl methyl sites for hydroxylation is 1. The lowest BCUT2D eigenvalue weighted by Gasteiger charge is -2.05. The van der Waals surface area contributed by atoms with Crippen LogP contribution in [0.4, 0.5) is 5.69 Å². The summed E-state index contributed by atoms with van der Waals surface area (Å²) in [6, 6.07) is 11.7. The summed E-state index contributed by atoms with van der Waals surface area (Å²) in [6.07, 6.45) is 0.231. The van der Waals surface area contributed by atoms with E-state index in [1.807, 2.05) is 18.2 Å². The van der Waals surface area contributed by atoms with E-state index < -0.39 is 4.92 Å². The smallest absolute Gasteiger partial charge is 0.272 e. The number of benzene rings is 2. The van der Waals surface area contributed by atoms with Crippen LogP contribution < -0.4 is 4.74 Å². The van der Waals surface area contributed by atoms with Crippen LogP contribution in [0.25, 0.3) is 0 Å². The molecule has 0 fully saturated rings. The SMILES string of the molecule is COc1cccc(CC(=O)c2ccc([N+](=O)[O-])c(C)c2)c1. The lowest BCUT2D eigenvalue weighted by Crippen LogP contribution is -2.05. The number of Topliss-reactive ketones (excluding diaryl/α,β-unsaturated/α-hetero) is 1. The molecule has 5 nitrogen and oxygen atoms in total. The number of ether oxygens (including phenoxy) is 1. The Balaban J connectivity index is 2.20. The van der Waals surface area contributed by atoms with Crippen LogP contribution in [0, 0.1) is 17.0 Å². The average Bonchev–Trinajstić information content (AvgIpc) is 2.46. The van der Waals surface area contributed by atoms with Crippen LogP contribution in [0.3, 0.4) is 0 Å². The molecular weight excluding hydrogens is 270 g/mol. The Bertz CT molecular complexity index is 694. The van der Waals surface area contributed by atoms with Crippen LogP contribution in [-0.2, 0) is 6.42 Å². The second kappa shape index (κ2) is 6.17. The number of nitrogens with zero attached hydrogens (tertiary/aromatic N) is 1. The fourth-order valence-electron chi connectivity index (χ4n) is 2.10. The van der Waals surface area contributed by atoms with Crippen molar-refractivity contribution in [1.29, 1.82) is 0 Å². The van der Waals surface area contributed by atoms with Crippen LogP contribution >= 0.6 is 0 Å². The highest BCUT2D eigenvalue weighted by Gasteiger charge is 2.14. The number of nitro benzene ring substituents is 1. The fraction of sp³-hybridized carbons (Fsp3) is 0.188. The van der Waals surface area contributed by atoms with Gasteiger partial charge >= 0.3 is 0 Å². The Hall–Kier alpha value is -2.69. The van der Waals surface area contributed by atoms with E-state index in [1.165, 1.54) is 12.1 Å². The predicted molar refractivity (Wildman–Crippen MR) is 78.9 cm³/mol. The molecule has 0 heterocycles. The predicted octanol–water partition coefficient (Wildman–Crippen LogP) is 3.34. The van der Waals surface area contributed by atoms with Crippen molar-refractivity contribution in [1.82, 2.24) is 0 Å². The lowest BCUT2D eigenvalue weighted by atomic mass is 10.0. The summed E-state index contributed by atoms with van der Waals surface area (Å²) < 4.78 is 5.12. The molecule has 0 aliphatic carbocycles. The molecule has 0 N–H and O–H groups in total. The van der Waals surface area contributed by atoms with Crippen molar-refractivity contribution in [3.05, 3.63) is 69.3 Å². The first-order chi connectivity index (χ1) is 10.0. The van der Waals surface area contributed by atoms with E-state index in [-0.39, 0.29) is 17.9 Å². The molecule has 0 spiro atoms. The zero-order valence-electron chi connectivity index (χ0n) is 11.8. The van der Waals surface area contributed by atoms with Gasteiger partial charge in [-0.3, -0.25) is 14.9 Å². The van der Waals surface area contributed by atoms with Gasteiger partial charge in [-0.1, -0.05) is 12.1 Å². The molecule has 0 saturated heterocycles. The molecule has 0 atom stereocenters. The molecule has 0 aromatic heterocycles. The van der Waals surface area contributed by atoms with Gasteiger partial charge in [0.2, 0.25) is 0 Å². The Morgan fingerprint density at radius 1 is 1.24 bits per heavy atom. The Morgan fingerprint density at radius 2 is 2.00 bits per heavy atom. The van der Waals surface area contributed by atoms with Crippen LogP contribution in [0.1, 0.15) is 21.5 Å². The average molecular weight is 285 g/mol. The van der Waals surface area contributed by atoms with Gasteiger partial charge in [0, 0.05) is 23.6 Å².